The van der Waals surface area contributed by atoms with Gasteiger partial charge in [0.15, 0.2) is 0 Å². The Morgan fingerprint density at radius 1 is 1.47 bits per heavy atom. The van der Waals surface area contributed by atoms with E-state index >= 15 is 0 Å². The third kappa shape index (κ3) is 3.73. The van der Waals surface area contributed by atoms with Crippen LogP contribution in [0.25, 0.3) is 0 Å². The van der Waals surface area contributed by atoms with Crippen LogP contribution in [0.5, 0.6) is 0 Å². The van der Waals surface area contributed by atoms with Crippen molar-refractivity contribution in [3.63, 3.8) is 0 Å². The van der Waals surface area contributed by atoms with E-state index in [9.17, 15) is 0 Å². The number of nitrogens with two attached hydrogens (primary N) is 1. The monoisotopic (exact) mass is 356 g/mol. The van der Waals surface area contributed by atoms with Gasteiger partial charge in [0.1, 0.15) is 0 Å². The Labute approximate surface area is 116 Å². The lowest BCUT2D eigenvalue weighted by atomic mass is 10.2. The van der Waals surface area contributed by atoms with Crippen molar-refractivity contribution in [1.29, 1.82) is 0 Å². The van der Waals surface area contributed by atoms with Crippen LogP contribution in [0, 0.1) is 0 Å². The summed E-state index contributed by atoms with van der Waals surface area (Å²) in [5.74, 6) is 0. The minimum absolute atomic E-state index is 0. The highest BCUT2D eigenvalue weighted by atomic mass is 79.9. The lowest BCUT2D eigenvalue weighted by Gasteiger charge is -2.16. The summed E-state index contributed by atoms with van der Waals surface area (Å²) in [6, 6.07) is 2.15. The van der Waals surface area contributed by atoms with E-state index in [-0.39, 0.29) is 34.0 Å². The van der Waals surface area contributed by atoms with Crippen molar-refractivity contribution in [3.05, 3.63) is 16.5 Å². The number of fused-ring (bicyclic) bond motifs is 1. The molecule has 0 atom stereocenters. The van der Waals surface area contributed by atoms with Gasteiger partial charge >= 0.3 is 0 Å². The van der Waals surface area contributed by atoms with Gasteiger partial charge in [-0.1, -0.05) is 6.92 Å². The molecule has 0 unspecified atom stereocenters. The van der Waals surface area contributed by atoms with Crippen molar-refractivity contribution in [2.45, 2.75) is 26.3 Å². The molecule has 15 heavy (non-hydrogen) atoms. The molecule has 0 amide bonds. The molecule has 0 aliphatic carbocycles. The molecule has 0 saturated carbocycles. The van der Waals surface area contributed by atoms with E-state index in [4.69, 9.17) is 5.73 Å². The van der Waals surface area contributed by atoms with Crippen molar-refractivity contribution < 1.29 is 0 Å². The first-order chi connectivity index (χ1) is 6.29. The van der Waals surface area contributed by atoms with Crippen molar-refractivity contribution in [1.82, 2.24) is 4.90 Å². The van der Waals surface area contributed by atoms with Gasteiger partial charge in [-0.25, -0.2) is 0 Å². The first kappa shape index (κ1) is 15.4. The fourth-order valence-electron chi connectivity index (χ4n) is 1.89. The molecule has 2 nitrogen and oxygen atoms in total. The van der Waals surface area contributed by atoms with Crippen LogP contribution in [-0.4, -0.2) is 18.0 Å². The molecule has 5 heteroatoms. The second kappa shape index (κ2) is 6.89. The first-order valence-electron chi connectivity index (χ1n) is 4.89. The van der Waals surface area contributed by atoms with Crippen LogP contribution >= 0.6 is 45.3 Å². The quantitative estimate of drug-likeness (QED) is 0.835. The summed E-state index contributed by atoms with van der Waals surface area (Å²) in [4.78, 5) is 3.99. The van der Waals surface area contributed by atoms with E-state index in [0.29, 0.717) is 0 Å². The van der Waals surface area contributed by atoms with Gasteiger partial charge in [0.25, 0.3) is 0 Å². The predicted molar refractivity (Wildman–Crippen MR) is 78.6 cm³/mol. The summed E-state index contributed by atoms with van der Waals surface area (Å²) in [6.07, 6.45) is 2.49. The fraction of sp³-hybridized carbons (Fsp3) is 0.600. The maximum absolute atomic E-state index is 5.80. The average Bonchev–Trinajstić information content (AvgIpc) is 2.33. The largest absolute Gasteiger partial charge is 0.391 e. The second-order valence-corrected chi connectivity index (χ2v) is 4.74. The van der Waals surface area contributed by atoms with Crippen LogP contribution in [0.4, 0.5) is 5.00 Å². The predicted octanol–water partition coefficient (Wildman–Crippen LogP) is 3.25. The SMILES string of the molecule is Br.Br.CCN1CCCc2sc(N)cc2C1. The van der Waals surface area contributed by atoms with Crippen LogP contribution < -0.4 is 5.73 Å². The molecule has 1 aliphatic rings. The van der Waals surface area contributed by atoms with Crippen LogP contribution in [-0.2, 0) is 13.0 Å². The molecule has 0 radical (unpaired) electrons. The number of anilines is 1. The molecule has 2 rings (SSSR count). The Hall–Kier alpha value is 0.420. The molecule has 1 aliphatic heterocycles. The normalized spacial score (nSPS) is 15.8. The Bertz CT molecular complexity index is 302. The summed E-state index contributed by atoms with van der Waals surface area (Å²) < 4.78 is 0. The number of halogens is 2. The molecule has 1 aromatic heterocycles. The van der Waals surface area contributed by atoms with E-state index in [1.165, 1.54) is 29.8 Å². The molecule has 1 aromatic rings. The van der Waals surface area contributed by atoms with Gasteiger partial charge in [-0.2, -0.15) is 0 Å². The molecule has 0 aromatic carbocycles. The van der Waals surface area contributed by atoms with Gasteiger partial charge in [0, 0.05) is 11.4 Å². The Kier molecular flexibility index (Phi) is 7.08. The number of rotatable bonds is 1. The number of hydrogen-bond acceptors (Lipinski definition) is 3. The number of nitrogen functional groups attached to an aromatic ring is 1. The highest BCUT2D eigenvalue weighted by Crippen LogP contribution is 2.28. The Balaban J connectivity index is 0.000000980. The van der Waals surface area contributed by atoms with E-state index in [1.54, 1.807) is 11.3 Å². The van der Waals surface area contributed by atoms with Gasteiger partial charge in [-0.15, -0.1) is 45.3 Å². The van der Waals surface area contributed by atoms with Crippen molar-refractivity contribution in [2.75, 3.05) is 18.8 Å². The van der Waals surface area contributed by atoms with Gasteiger partial charge in [-0.3, -0.25) is 4.90 Å². The van der Waals surface area contributed by atoms with Crippen molar-refractivity contribution >= 4 is 50.3 Å². The molecular weight excluding hydrogens is 340 g/mol. The van der Waals surface area contributed by atoms with E-state index in [2.05, 4.69) is 17.9 Å². The lowest BCUT2D eigenvalue weighted by molar-refractivity contribution is 0.285. The molecule has 2 N–H and O–H groups in total. The minimum Gasteiger partial charge on any atom is -0.391 e. The summed E-state index contributed by atoms with van der Waals surface area (Å²) in [5, 5.41) is 0.975. The summed E-state index contributed by atoms with van der Waals surface area (Å²) in [5.41, 5.74) is 7.26. The molecule has 0 bridgehead atoms. The average molecular weight is 358 g/mol. The molecular formula is C10H18Br2N2S. The van der Waals surface area contributed by atoms with Gasteiger partial charge in [-0.05, 0) is 37.6 Å². The van der Waals surface area contributed by atoms with Crippen molar-refractivity contribution in [2.24, 2.45) is 0 Å². The van der Waals surface area contributed by atoms with E-state index < -0.39 is 0 Å². The van der Waals surface area contributed by atoms with Gasteiger partial charge < -0.3 is 5.73 Å². The second-order valence-electron chi connectivity index (χ2n) is 3.57. The summed E-state index contributed by atoms with van der Waals surface area (Å²) >= 11 is 1.77. The summed E-state index contributed by atoms with van der Waals surface area (Å²) in [7, 11) is 0. The zero-order valence-electron chi connectivity index (χ0n) is 8.86. The Morgan fingerprint density at radius 2 is 2.20 bits per heavy atom. The number of nitrogens with zero attached hydrogens (tertiary/aromatic N) is 1. The number of aryl methyl sites for hydroxylation is 1. The Morgan fingerprint density at radius 3 is 2.87 bits per heavy atom. The third-order valence-electron chi connectivity index (χ3n) is 2.64. The van der Waals surface area contributed by atoms with Crippen LogP contribution in [0.1, 0.15) is 23.8 Å². The van der Waals surface area contributed by atoms with Crippen molar-refractivity contribution in [3.8, 4) is 0 Å². The zero-order valence-corrected chi connectivity index (χ0v) is 13.1. The van der Waals surface area contributed by atoms with Gasteiger partial charge in [0.2, 0.25) is 0 Å². The highest BCUT2D eigenvalue weighted by Gasteiger charge is 2.14. The van der Waals surface area contributed by atoms with Crippen LogP contribution in [0.2, 0.25) is 0 Å². The molecule has 2 heterocycles. The fourth-order valence-corrected chi connectivity index (χ4v) is 2.87. The standard InChI is InChI=1S/C10H16N2S.2BrH/c1-2-12-5-3-4-9-8(7-12)6-10(11)13-9;;/h6H,2-5,7,11H2,1H3;2*1H. The molecule has 0 spiro atoms. The van der Waals surface area contributed by atoms with Crippen LogP contribution in [0.3, 0.4) is 0 Å². The smallest absolute Gasteiger partial charge is 0.0862 e. The maximum Gasteiger partial charge on any atom is 0.0862 e. The first-order valence-corrected chi connectivity index (χ1v) is 5.70. The number of hydrogen-bond donors (Lipinski definition) is 1. The molecule has 0 saturated heterocycles. The summed E-state index contributed by atoms with van der Waals surface area (Å²) in [6.45, 7) is 5.70. The van der Waals surface area contributed by atoms with Gasteiger partial charge in [0.05, 0.1) is 5.00 Å². The topological polar surface area (TPSA) is 29.3 Å². The van der Waals surface area contributed by atoms with E-state index in [0.717, 1.165) is 18.1 Å². The van der Waals surface area contributed by atoms with Crippen LogP contribution in [0.15, 0.2) is 6.07 Å². The van der Waals surface area contributed by atoms with E-state index in [1.807, 2.05) is 0 Å². The lowest BCUT2D eigenvalue weighted by Crippen LogP contribution is -2.22. The third-order valence-corrected chi connectivity index (χ3v) is 3.70. The maximum atomic E-state index is 5.80. The number of thiophene rings is 1. The zero-order chi connectivity index (χ0) is 9.26. The minimum atomic E-state index is 0. The molecule has 0 fully saturated rings. The molecule has 88 valence electrons. The highest BCUT2D eigenvalue weighted by molar-refractivity contribution is 8.93.